The zero-order chi connectivity index (χ0) is 9.52. The second kappa shape index (κ2) is 5.80. The molecule has 4 nitrogen and oxygen atoms in total. The van der Waals surface area contributed by atoms with Crippen molar-refractivity contribution in [2.45, 2.75) is 25.7 Å². The van der Waals surface area contributed by atoms with Crippen LogP contribution in [0.5, 0.6) is 0 Å². The number of ether oxygens (including phenoxy) is 1. The number of hydrogen-bond donors (Lipinski definition) is 2. The smallest absolute Gasteiger partial charge is 0.404 e. The molecule has 0 aromatic heterocycles. The van der Waals surface area contributed by atoms with E-state index in [0.717, 1.165) is 12.5 Å². The van der Waals surface area contributed by atoms with Crippen molar-refractivity contribution in [1.29, 1.82) is 0 Å². The molecule has 4 heteroatoms. The lowest BCUT2D eigenvalue weighted by molar-refractivity contribution is 0.157. The maximum atomic E-state index is 10.2. The van der Waals surface area contributed by atoms with Crippen molar-refractivity contribution < 1.29 is 9.53 Å². The summed E-state index contributed by atoms with van der Waals surface area (Å²) in [4.78, 5) is 10.2. The van der Waals surface area contributed by atoms with Gasteiger partial charge in [0.05, 0.1) is 0 Å². The van der Waals surface area contributed by atoms with Crippen LogP contribution in [0.4, 0.5) is 4.79 Å². The molecule has 13 heavy (non-hydrogen) atoms. The molecule has 76 valence electrons. The molecule has 0 aromatic rings. The molecule has 3 N–H and O–H groups in total. The Labute approximate surface area is 78.8 Å². The number of primary amides is 1. The standard InChI is InChI=1S/C9H18N2O2/c10-9(12)13-6-5-11-7-8-3-1-2-4-8/h8,11H,1-7H2,(H2,10,12). The predicted molar refractivity (Wildman–Crippen MR) is 50.4 cm³/mol. The number of amides is 1. The molecule has 1 saturated carbocycles. The summed E-state index contributed by atoms with van der Waals surface area (Å²) in [6.45, 7) is 2.13. The van der Waals surface area contributed by atoms with Crippen LogP contribution in [-0.4, -0.2) is 25.8 Å². The van der Waals surface area contributed by atoms with Crippen molar-refractivity contribution in [3.8, 4) is 0 Å². The molecule has 0 atom stereocenters. The number of hydrogen-bond acceptors (Lipinski definition) is 3. The number of carbonyl (C=O) groups excluding carboxylic acids is 1. The summed E-state index contributed by atoms with van der Waals surface area (Å²) < 4.78 is 4.58. The quantitative estimate of drug-likeness (QED) is 0.626. The Bertz CT molecular complexity index is 156. The highest BCUT2D eigenvalue weighted by atomic mass is 16.5. The van der Waals surface area contributed by atoms with Gasteiger partial charge in [0.25, 0.3) is 0 Å². The van der Waals surface area contributed by atoms with Crippen molar-refractivity contribution in [3.63, 3.8) is 0 Å². The zero-order valence-electron chi connectivity index (χ0n) is 7.92. The van der Waals surface area contributed by atoms with Crippen LogP contribution in [0.3, 0.4) is 0 Å². The predicted octanol–water partition coefficient (Wildman–Crippen LogP) is 0.861. The van der Waals surface area contributed by atoms with Crippen LogP contribution in [0.25, 0.3) is 0 Å². The first-order valence-corrected chi connectivity index (χ1v) is 4.92. The molecule has 0 spiro atoms. The molecule has 1 rings (SSSR count). The third-order valence-electron chi connectivity index (χ3n) is 2.43. The van der Waals surface area contributed by atoms with Gasteiger partial charge in [-0.1, -0.05) is 12.8 Å². The summed E-state index contributed by atoms with van der Waals surface area (Å²) in [6, 6.07) is 0. The van der Waals surface area contributed by atoms with Crippen LogP contribution in [0, 0.1) is 5.92 Å². The summed E-state index contributed by atoms with van der Waals surface area (Å²) in [5.41, 5.74) is 4.81. The van der Waals surface area contributed by atoms with Crippen molar-refractivity contribution in [2.24, 2.45) is 11.7 Å². The number of rotatable bonds is 5. The summed E-state index contributed by atoms with van der Waals surface area (Å²) in [7, 11) is 0. The monoisotopic (exact) mass is 186 g/mol. The third-order valence-corrected chi connectivity index (χ3v) is 2.43. The van der Waals surface area contributed by atoms with E-state index < -0.39 is 6.09 Å². The van der Waals surface area contributed by atoms with Gasteiger partial charge in [-0.05, 0) is 25.3 Å². The Balaban J connectivity index is 1.86. The van der Waals surface area contributed by atoms with Crippen molar-refractivity contribution in [3.05, 3.63) is 0 Å². The topological polar surface area (TPSA) is 64.4 Å². The highest BCUT2D eigenvalue weighted by molar-refractivity contribution is 5.64. The van der Waals surface area contributed by atoms with Crippen LogP contribution in [0.2, 0.25) is 0 Å². The molecule has 0 aliphatic heterocycles. The summed E-state index contributed by atoms with van der Waals surface area (Å²) in [5, 5.41) is 3.25. The average Bonchev–Trinajstić information content (AvgIpc) is 2.55. The molecule has 0 radical (unpaired) electrons. The fraction of sp³-hybridized carbons (Fsp3) is 0.889. The molecule has 0 bridgehead atoms. The van der Waals surface area contributed by atoms with E-state index in [1.807, 2.05) is 0 Å². The summed E-state index contributed by atoms with van der Waals surface area (Å²) in [5.74, 6) is 0.827. The number of nitrogens with one attached hydrogen (secondary N) is 1. The van der Waals surface area contributed by atoms with Gasteiger partial charge in [-0.25, -0.2) is 4.79 Å². The highest BCUT2D eigenvalue weighted by Gasteiger charge is 2.13. The van der Waals surface area contributed by atoms with E-state index in [9.17, 15) is 4.79 Å². The number of nitrogens with two attached hydrogens (primary N) is 1. The van der Waals surface area contributed by atoms with Gasteiger partial charge in [0, 0.05) is 6.54 Å². The average molecular weight is 186 g/mol. The molecule has 1 amide bonds. The maximum Gasteiger partial charge on any atom is 0.404 e. The minimum Gasteiger partial charge on any atom is -0.448 e. The molecular formula is C9H18N2O2. The first-order valence-electron chi connectivity index (χ1n) is 4.92. The van der Waals surface area contributed by atoms with Gasteiger partial charge in [0.1, 0.15) is 6.61 Å². The fourth-order valence-electron chi connectivity index (χ4n) is 1.74. The number of carbonyl (C=O) groups is 1. The van der Waals surface area contributed by atoms with Gasteiger partial charge < -0.3 is 15.8 Å². The molecular weight excluding hydrogens is 168 g/mol. The van der Waals surface area contributed by atoms with E-state index in [1.165, 1.54) is 25.7 Å². The summed E-state index contributed by atoms with van der Waals surface area (Å²) in [6.07, 6.45) is 4.71. The van der Waals surface area contributed by atoms with Crippen molar-refractivity contribution in [1.82, 2.24) is 5.32 Å². The second-order valence-electron chi connectivity index (χ2n) is 3.52. The second-order valence-corrected chi connectivity index (χ2v) is 3.52. The molecule has 1 aliphatic carbocycles. The van der Waals surface area contributed by atoms with E-state index in [1.54, 1.807) is 0 Å². The highest BCUT2D eigenvalue weighted by Crippen LogP contribution is 2.23. The minimum absolute atomic E-state index is 0.377. The lowest BCUT2D eigenvalue weighted by atomic mass is 10.1. The normalized spacial score (nSPS) is 17.5. The molecule has 0 unspecified atom stereocenters. The Morgan fingerprint density at radius 2 is 2.15 bits per heavy atom. The van der Waals surface area contributed by atoms with E-state index in [4.69, 9.17) is 5.73 Å². The minimum atomic E-state index is -0.692. The van der Waals surface area contributed by atoms with Gasteiger partial charge in [0.15, 0.2) is 0 Å². The summed E-state index contributed by atoms with van der Waals surface area (Å²) >= 11 is 0. The molecule has 0 aromatic carbocycles. The van der Waals surface area contributed by atoms with Crippen LogP contribution in [0.1, 0.15) is 25.7 Å². The van der Waals surface area contributed by atoms with Gasteiger partial charge >= 0.3 is 6.09 Å². The van der Waals surface area contributed by atoms with E-state index in [-0.39, 0.29) is 0 Å². The van der Waals surface area contributed by atoms with Gasteiger partial charge in [0.2, 0.25) is 0 Å². The van der Waals surface area contributed by atoms with Gasteiger partial charge in [-0.3, -0.25) is 0 Å². The zero-order valence-corrected chi connectivity index (χ0v) is 7.92. The molecule has 1 aliphatic rings. The van der Waals surface area contributed by atoms with Crippen LogP contribution in [0.15, 0.2) is 0 Å². The van der Waals surface area contributed by atoms with E-state index >= 15 is 0 Å². The molecule has 0 saturated heterocycles. The van der Waals surface area contributed by atoms with Crippen LogP contribution in [-0.2, 0) is 4.74 Å². The molecule has 0 heterocycles. The largest absolute Gasteiger partial charge is 0.448 e. The first-order chi connectivity index (χ1) is 6.29. The third kappa shape index (κ3) is 4.72. The Hall–Kier alpha value is -0.770. The lowest BCUT2D eigenvalue weighted by Crippen LogP contribution is -2.27. The Morgan fingerprint density at radius 3 is 2.77 bits per heavy atom. The van der Waals surface area contributed by atoms with Gasteiger partial charge in [-0.2, -0.15) is 0 Å². The fourth-order valence-corrected chi connectivity index (χ4v) is 1.74. The Morgan fingerprint density at radius 1 is 1.46 bits per heavy atom. The van der Waals surface area contributed by atoms with Crippen LogP contribution >= 0.6 is 0 Å². The van der Waals surface area contributed by atoms with E-state index in [2.05, 4.69) is 10.1 Å². The molecule has 1 fully saturated rings. The van der Waals surface area contributed by atoms with Crippen molar-refractivity contribution >= 4 is 6.09 Å². The first kappa shape index (κ1) is 10.3. The van der Waals surface area contributed by atoms with Crippen molar-refractivity contribution in [2.75, 3.05) is 19.7 Å². The van der Waals surface area contributed by atoms with E-state index in [0.29, 0.717) is 13.2 Å². The SMILES string of the molecule is NC(=O)OCCNCC1CCCC1. The van der Waals surface area contributed by atoms with Gasteiger partial charge in [-0.15, -0.1) is 0 Å². The van der Waals surface area contributed by atoms with Crippen LogP contribution < -0.4 is 11.1 Å². The lowest BCUT2D eigenvalue weighted by Gasteiger charge is -2.09. The Kier molecular flexibility index (Phi) is 4.60. The maximum absolute atomic E-state index is 10.2.